The molecule has 2 N–H and O–H groups in total. The fraction of sp³-hybridized carbons (Fsp3) is 0.138. The maximum atomic E-state index is 13.4. The topological polar surface area (TPSA) is 140 Å². The van der Waals surface area contributed by atoms with E-state index in [1.807, 2.05) is 0 Å². The minimum atomic E-state index is -4.07. The molecule has 212 valence electrons. The second-order valence-corrected chi connectivity index (χ2v) is 10.4. The summed E-state index contributed by atoms with van der Waals surface area (Å²) >= 11 is 0. The molecule has 0 atom stereocenters. The maximum Gasteiger partial charge on any atom is 0.264 e. The van der Waals surface area contributed by atoms with E-state index in [4.69, 9.17) is 13.9 Å². The smallest absolute Gasteiger partial charge is 0.264 e. The molecule has 11 nitrogen and oxygen atoms in total. The predicted octanol–water partition coefficient (Wildman–Crippen LogP) is 3.33. The van der Waals surface area contributed by atoms with Gasteiger partial charge in [-0.2, -0.15) is 5.10 Å². The zero-order chi connectivity index (χ0) is 29.1. The average molecular weight is 577 g/mol. The summed E-state index contributed by atoms with van der Waals surface area (Å²) in [6.07, 6.45) is 2.94. The van der Waals surface area contributed by atoms with E-state index in [9.17, 15) is 18.0 Å². The predicted molar refractivity (Wildman–Crippen MR) is 152 cm³/mol. The number of ether oxygens (including phenoxy) is 2. The van der Waals surface area contributed by atoms with Crippen molar-refractivity contribution in [3.05, 3.63) is 109 Å². The number of nitrogens with one attached hydrogen (secondary N) is 2. The van der Waals surface area contributed by atoms with Crippen LogP contribution in [0.2, 0.25) is 0 Å². The molecule has 0 spiro atoms. The number of sulfonamides is 1. The van der Waals surface area contributed by atoms with Gasteiger partial charge >= 0.3 is 0 Å². The molecule has 0 saturated carbocycles. The van der Waals surface area contributed by atoms with Crippen LogP contribution in [0, 0.1) is 0 Å². The standard InChI is InChI=1S/C29H28N4O7S/c1-38-24-13-15-27(16-14-24)41(36,37)33(23-6-3-2-4-7-23)20-28(34)32-31-18-22-9-11-25(12-10-22)40-21-29(35)30-19-26-8-5-17-39-26/h2-18H,19-21H2,1H3,(H,30,35)(H,32,34)/b31-18-. The number of carbonyl (C=O) groups is 2. The molecule has 0 radical (unpaired) electrons. The van der Waals surface area contributed by atoms with Gasteiger partial charge in [0.25, 0.3) is 21.8 Å². The van der Waals surface area contributed by atoms with Crippen LogP contribution in [0.1, 0.15) is 11.3 Å². The van der Waals surface area contributed by atoms with Gasteiger partial charge in [-0.05, 0) is 78.4 Å². The quantitative estimate of drug-likeness (QED) is 0.184. The zero-order valence-corrected chi connectivity index (χ0v) is 22.9. The zero-order valence-electron chi connectivity index (χ0n) is 22.1. The number of methoxy groups -OCH3 is 1. The Morgan fingerprint density at radius 3 is 2.27 bits per heavy atom. The third-order valence-electron chi connectivity index (χ3n) is 5.67. The van der Waals surface area contributed by atoms with Crippen molar-refractivity contribution in [2.75, 3.05) is 24.6 Å². The van der Waals surface area contributed by atoms with Gasteiger partial charge in [-0.25, -0.2) is 13.8 Å². The number of furan rings is 1. The van der Waals surface area contributed by atoms with Gasteiger partial charge in [0.1, 0.15) is 23.8 Å². The SMILES string of the molecule is COc1ccc(S(=O)(=O)N(CC(=O)N/N=C\c2ccc(OCC(=O)NCc3ccco3)cc2)c2ccccc2)cc1. The van der Waals surface area contributed by atoms with Crippen LogP contribution in [-0.4, -0.2) is 46.7 Å². The third-order valence-corrected chi connectivity index (χ3v) is 7.46. The Kier molecular flexibility index (Phi) is 9.73. The molecule has 0 fully saturated rings. The number of carbonyl (C=O) groups excluding carboxylic acids is 2. The number of amides is 2. The van der Waals surface area contributed by atoms with Crippen molar-refractivity contribution < 1.29 is 31.9 Å². The first kappa shape index (κ1) is 28.9. The van der Waals surface area contributed by atoms with E-state index in [-0.39, 0.29) is 24.0 Å². The normalized spacial score (nSPS) is 11.1. The van der Waals surface area contributed by atoms with Crippen molar-refractivity contribution in [3.8, 4) is 11.5 Å². The molecule has 0 aliphatic rings. The van der Waals surface area contributed by atoms with Crippen molar-refractivity contribution in [1.29, 1.82) is 0 Å². The lowest BCUT2D eigenvalue weighted by Crippen LogP contribution is -2.39. The number of rotatable bonds is 13. The Morgan fingerprint density at radius 2 is 1.61 bits per heavy atom. The first-order chi connectivity index (χ1) is 19.8. The lowest BCUT2D eigenvalue weighted by atomic mass is 10.2. The largest absolute Gasteiger partial charge is 0.497 e. The van der Waals surface area contributed by atoms with Crippen LogP contribution in [0.15, 0.2) is 112 Å². The summed E-state index contributed by atoms with van der Waals surface area (Å²) in [6, 6.07) is 24.4. The van der Waals surface area contributed by atoms with Crippen LogP contribution in [0.25, 0.3) is 0 Å². The summed E-state index contributed by atoms with van der Waals surface area (Å²) in [6.45, 7) is -0.390. The highest BCUT2D eigenvalue weighted by Crippen LogP contribution is 2.24. The summed E-state index contributed by atoms with van der Waals surface area (Å²) in [5.74, 6) is 0.687. The number of benzene rings is 3. The highest BCUT2D eigenvalue weighted by atomic mass is 32.2. The van der Waals surface area contributed by atoms with Gasteiger partial charge < -0.3 is 19.2 Å². The van der Waals surface area contributed by atoms with Crippen LogP contribution in [-0.2, 0) is 26.2 Å². The first-order valence-corrected chi connectivity index (χ1v) is 13.8. The van der Waals surface area contributed by atoms with E-state index in [0.717, 1.165) is 4.31 Å². The number of nitrogens with zero attached hydrogens (tertiary/aromatic N) is 2. The van der Waals surface area contributed by atoms with Crippen LogP contribution >= 0.6 is 0 Å². The molecule has 0 aliphatic heterocycles. The summed E-state index contributed by atoms with van der Waals surface area (Å²) in [7, 11) is -2.58. The summed E-state index contributed by atoms with van der Waals surface area (Å²) in [4.78, 5) is 24.7. The minimum Gasteiger partial charge on any atom is -0.497 e. The van der Waals surface area contributed by atoms with Crippen molar-refractivity contribution in [2.24, 2.45) is 5.10 Å². The third kappa shape index (κ3) is 8.19. The van der Waals surface area contributed by atoms with E-state index in [2.05, 4.69) is 15.8 Å². The van der Waals surface area contributed by atoms with Gasteiger partial charge in [-0.3, -0.25) is 13.9 Å². The van der Waals surface area contributed by atoms with Crippen molar-refractivity contribution >= 4 is 33.7 Å². The highest BCUT2D eigenvalue weighted by Gasteiger charge is 2.27. The molecule has 41 heavy (non-hydrogen) atoms. The van der Waals surface area contributed by atoms with Crippen LogP contribution in [0.5, 0.6) is 11.5 Å². The maximum absolute atomic E-state index is 13.4. The molecule has 1 aromatic heterocycles. The Labute approximate surface area is 237 Å². The van der Waals surface area contributed by atoms with Gasteiger partial charge in [0, 0.05) is 0 Å². The molecule has 0 bridgehead atoms. The fourth-order valence-electron chi connectivity index (χ4n) is 3.58. The highest BCUT2D eigenvalue weighted by molar-refractivity contribution is 7.92. The molecule has 3 aromatic carbocycles. The summed E-state index contributed by atoms with van der Waals surface area (Å²) in [5, 5.41) is 6.63. The van der Waals surface area contributed by atoms with E-state index in [0.29, 0.717) is 28.5 Å². The van der Waals surface area contributed by atoms with Crippen LogP contribution < -0.4 is 24.5 Å². The van der Waals surface area contributed by atoms with Crippen LogP contribution in [0.4, 0.5) is 5.69 Å². The Balaban J connectivity index is 1.32. The van der Waals surface area contributed by atoms with Crippen molar-refractivity contribution in [2.45, 2.75) is 11.4 Å². The number of hydrazone groups is 1. The van der Waals surface area contributed by atoms with Gasteiger partial charge in [0.05, 0.1) is 36.7 Å². The van der Waals surface area contributed by atoms with Crippen LogP contribution in [0.3, 0.4) is 0 Å². The molecule has 1 heterocycles. The molecule has 2 amide bonds. The molecular weight excluding hydrogens is 548 g/mol. The van der Waals surface area contributed by atoms with Crippen molar-refractivity contribution in [1.82, 2.24) is 10.7 Å². The fourth-order valence-corrected chi connectivity index (χ4v) is 5.00. The average Bonchev–Trinajstić information content (AvgIpc) is 3.53. The number of anilines is 1. The van der Waals surface area contributed by atoms with E-state index in [1.54, 1.807) is 66.7 Å². The van der Waals surface area contributed by atoms with Gasteiger partial charge in [-0.15, -0.1) is 0 Å². The van der Waals surface area contributed by atoms with Gasteiger partial charge in [0.2, 0.25) is 0 Å². The molecule has 12 heteroatoms. The van der Waals surface area contributed by atoms with Gasteiger partial charge in [-0.1, -0.05) is 18.2 Å². The number of hydrogen-bond acceptors (Lipinski definition) is 8. The molecular formula is C29H28N4O7S. The molecule has 0 aliphatic carbocycles. The number of hydrogen-bond donors (Lipinski definition) is 2. The minimum absolute atomic E-state index is 0.00997. The molecule has 4 aromatic rings. The summed E-state index contributed by atoms with van der Waals surface area (Å²) < 4.78 is 43.6. The lowest BCUT2D eigenvalue weighted by Gasteiger charge is -2.23. The second kappa shape index (κ2) is 13.8. The molecule has 0 saturated heterocycles. The Bertz CT molecular complexity index is 1560. The Hall–Kier alpha value is -5.10. The van der Waals surface area contributed by atoms with Gasteiger partial charge in [0.15, 0.2) is 6.61 Å². The van der Waals surface area contributed by atoms with E-state index >= 15 is 0 Å². The lowest BCUT2D eigenvalue weighted by molar-refractivity contribution is -0.123. The second-order valence-electron chi connectivity index (χ2n) is 8.53. The summed E-state index contributed by atoms with van der Waals surface area (Å²) in [5.41, 5.74) is 3.34. The molecule has 0 unspecified atom stereocenters. The molecule has 4 rings (SSSR count). The van der Waals surface area contributed by atoms with E-state index in [1.165, 1.54) is 43.9 Å². The van der Waals surface area contributed by atoms with Crippen molar-refractivity contribution in [3.63, 3.8) is 0 Å². The monoisotopic (exact) mass is 576 g/mol. The first-order valence-electron chi connectivity index (χ1n) is 12.4. The number of para-hydroxylation sites is 1. The van der Waals surface area contributed by atoms with E-state index < -0.39 is 22.5 Å². The Morgan fingerprint density at radius 1 is 0.902 bits per heavy atom.